The smallest absolute Gasteiger partial charge is 0.0108 e. The second-order valence-electron chi connectivity index (χ2n) is 5.35. The molecule has 1 aliphatic rings. The molecule has 1 aromatic rings. The van der Waals surface area contributed by atoms with Gasteiger partial charge < -0.3 is 5.32 Å². The summed E-state index contributed by atoms with van der Waals surface area (Å²) in [6, 6.07) is 12.3. The van der Waals surface area contributed by atoms with Gasteiger partial charge in [-0.25, -0.2) is 0 Å². The Balaban J connectivity index is 1.78. The largest absolute Gasteiger partial charge is 0.311 e. The van der Waals surface area contributed by atoms with Crippen LogP contribution in [-0.4, -0.2) is 12.1 Å². The van der Waals surface area contributed by atoms with Crippen LogP contribution < -0.4 is 5.32 Å². The molecule has 0 bridgehead atoms. The molecule has 1 aliphatic carbocycles. The minimum atomic E-state index is 0.657. The maximum Gasteiger partial charge on any atom is 0.0108 e. The zero-order valence-corrected chi connectivity index (χ0v) is 11.2. The fourth-order valence-electron chi connectivity index (χ4n) is 2.66. The van der Waals surface area contributed by atoms with Crippen molar-refractivity contribution < 1.29 is 0 Å². The van der Waals surface area contributed by atoms with Crippen molar-refractivity contribution in [2.24, 2.45) is 5.92 Å². The lowest BCUT2D eigenvalue weighted by Crippen LogP contribution is -2.33. The average Bonchev–Trinajstić information content (AvgIpc) is 3.08. The van der Waals surface area contributed by atoms with Crippen LogP contribution in [0, 0.1) is 5.92 Å². The lowest BCUT2D eigenvalue weighted by molar-refractivity contribution is 0.470. The summed E-state index contributed by atoms with van der Waals surface area (Å²) in [6.45, 7) is 4.58. The first-order valence-electron chi connectivity index (χ1n) is 7.13. The first-order valence-corrected chi connectivity index (χ1v) is 7.13. The molecule has 0 heterocycles. The van der Waals surface area contributed by atoms with Crippen LogP contribution in [0.5, 0.6) is 0 Å². The van der Waals surface area contributed by atoms with Crippen LogP contribution in [0.4, 0.5) is 0 Å². The van der Waals surface area contributed by atoms with E-state index in [9.17, 15) is 0 Å². The minimum Gasteiger partial charge on any atom is -0.311 e. The molecule has 0 aromatic heterocycles. The molecule has 0 amide bonds. The Bertz CT molecular complexity index is 320. The highest BCUT2D eigenvalue weighted by atomic mass is 15.0. The first kappa shape index (κ1) is 12.6. The van der Waals surface area contributed by atoms with Crippen molar-refractivity contribution in [1.29, 1.82) is 0 Å². The molecule has 2 rings (SSSR count). The van der Waals surface area contributed by atoms with Crippen LogP contribution in [0.3, 0.4) is 0 Å². The summed E-state index contributed by atoms with van der Waals surface area (Å²) in [5, 5.41) is 3.82. The van der Waals surface area contributed by atoms with Gasteiger partial charge in [0.15, 0.2) is 0 Å². The Morgan fingerprint density at radius 2 is 2.00 bits per heavy atom. The topological polar surface area (TPSA) is 12.0 Å². The molecule has 1 aromatic carbocycles. The van der Waals surface area contributed by atoms with Crippen LogP contribution in [0.1, 0.15) is 45.1 Å². The van der Waals surface area contributed by atoms with Crippen molar-refractivity contribution in [2.75, 3.05) is 0 Å². The van der Waals surface area contributed by atoms with E-state index in [1.807, 2.05) is 0 Å². The van der Waals surface area contributed by atoms with Gasteiger partial charge in [-0.15, -0.1) is 0 Å². The van der Waals surface area contributed by atoms with Gasteiger partial charge in [0.25, 0.3) is 0 Å². The normalized spacial score (nSPS) is 24.6. The summed E-state index contributed by atoms with van der Waals surface area (Å²) in [5.74, 6) is 0.963. The van der Waals surface area contributed by atoms with Gasteiger partial charge in [-0.1, -0.05) is 50.6 Å². The maximum atomic E-state index is 3.82. The van der Waals surface area contributed by atoms with Crippen molar-refractivity contribution in [3.05, 3.63) is 35.9 Å². The molecular formula is C16H25N. The van der Waals surface area contributed by atoms with Gasteiger partial charge in [-0.05, 0) is 37.2 Å². The fourth-order valence-corrected chi connectivity index (χ4v) is 2.66. The van der Waals surface area contributed by atoms with E-state index in [4.69, 9.17) is 0 Å². The maximum absolute atomic E-state index is 3.82. The molecule has 1 heteroatoms. The highest BCUT2D eigenvalue weighted by Gasteiger charge is 2.36. The average molecular weight is 231 g/mol. The van der Waals surface area contributed by atoms with Crippen molar-refractivity contribution in [3.8, 4) is 0 Å². The Kier molecular flexibility index (Phi) is 4.61. The Morgan fingerprint density at radius 3 is 2.65 bits per heavy atom. The highest BCUT2D eigenvalue weighted by Crippen LogP contribution is 2.35. The zero-order chi connectivity index (χ0) is 12.1. The predicted molar refractivity (Wildman–Crippen MR) is 74.2 cm³/mol. The third-order valence-electron chi connectivity index (χ3n) is 3.85. The van der Waals surface area contributed by atoms with E-state index in [1.165, 1.54) is 37.7 Å². The quantitative estimate of drug-likeness (QED) is 0.753. The second kappa shape index (κ2) is 6.20. The predicted octanol–water partition coefficient (Wildman–Crippen LogP) is 3.79. The molecule has 0 aliphatic heterocycles. The van der Waals surface area contributed by atoms with Gasteiger partial charge in [0, 0.05) is 12.1 Å². The van der Waals surface area contributed by atoms with E-state index in [-0.39, 0.29) is 0 Å². The van der Waals surface area contributed by atoms with E-state index in [2.05, 4.69) is 49.5 Å². The van der Waals surface area contributed by atoms with Crippen molar-refractivity contribution >= 4 is 0 Å². The third-order valence-corrected chi connectivity index (χ3v) is 3.85. The van der Waals surface area contributed by atoms with Gasteiger partial charge in [-0.3, -0.25) is 0 Å². The monoisotopic (exact) mass is 231 g/mol. The van der Waals surface area contributed by atoms with Crippen molar-refractivity contribution in [1.82, 2.24) is 5.32 Å². The Labute approximate surface area is 106 Å². The molecule has 3 atom stereocenters. The summed E-state index contributed by atoms with van der Waals surface area (Å²) < 4.78 is 0. The van der Waals surface area contributed by atoms with Crippen LogP contribution in [-0.2, 0) is 6.42 Å². The summed E-state index contributed by atoms with van der Waals surface area (Å²) in [7, 11) is 0. The molecule has 17 heavy (non-hydrogen) atoms. The number of nitrogens with one attached hydrogen (secondary N) is 1. The summed E-state index contributed by atoms with van der Waals surface area (Å²) in [6.07, 6.45) is 6.54. The molecule has 1 fully saturated rings. The van der Waals surface area contributed by atoms with Gasteiger partial charge in [0.1, 0.15) is 0 Å². The van der Waals surface area contributed by atoms with Crippen LogP contribution >= 0.6 is 0 Å². The van der Waals surface area contributed by atoms with E-state index < -0.39 is 0 Å². The lowest BCUT2D eigenvalue weighted by atomic mass is 10.0. The molecule has 0 spiro atoms. The molecular weight excluding hydrogens is 206 g/mol. The molecule has 3 unspecified atom stereocenters. The number of rotatable bonds is 7. The summed E-state index contributed by atoms with van der Waals surface area (Å²) >= 11 is 0. The molecule has 1 N–H and O–H groups in total. The standard InChI is InChI=1S/C16H25N/c1-3-8-14-12-16(14)17-15(4-2)11-13-9-6-5-7-10-13/h5-7,9-10,14-17H,3-4,8,11-12H2,1-2H3. The Hall–Kier alpha value is -0.820. The van der Waals surface area contributed by atoms with Gasteiger partial charge in [0.2, 0.25) is 0 Å². The number of benzene rings is 1. The van der Waals surface area contributed by atoms with Gasteiger partial charge in [-0.2, -0.15) is 0 Å². The summed E-state index contributed by atoms with van der Waals surface area (Å²) in [4.78, 5) is 0. The molecule has 94 valence electrons. The minimum absolute atomic E-state index is 0.657. The number of hydrogen-bond acceptors (Lipinski definition) is 1. The molecule has 0 saturated heterocycles. The molecule has 1 nitrogen and oxygen atoms in total. The van der Waals surface area contributed by atoms with Crippen LogP contribution in [0.15, 0.2) is 30.3 Å². The Morgan fingerprint density at radius 1 is 1.24 bits per heavy atom. The van der Waals surface area contributed by atoms with E-state index in [0.29, 0.717) is 6.04 Å². The molecule has 0 radical (unpaired) electrons. The highest BCUT2D eigenvalue weighted by molar-refractivity contribution is 5.16. The van der Waals surface area contributed by atoms with E-state index in [1.54, 1.807) is 0 Å². The van der Waals surface area contributed by atoms with Gasteiger partial charge >= 0.3 is 0 Å². The number of hydrogen-bond donors (Lipinski definition) is 1. The van der Waals surface area contributed by atoms with E-state index in [0.717, 1.165) is 12.0 Å². The van der Waals surface area contributed by atoms with Gasteiger partial charge in [0.05, 0.1) is 0 Å². The van der Waals surface area contributed by atoms with Crippen molar-refractivity contribution in [3.63, 3.8) is 0 Å². The first-order chi connectivity index (χ1) is 8.33. The fraction of sp³-hybridized carbons (Fsp3) is 0.625. The van der Waals surface area contributed by atoms with Crippen LogP contribution in [0.2, 0.25) is 0 Å². The lowest BCUT2D eigenvalue weighted by Gasteiger charge is -2.17. The van der Waals surface area contributed by atoms with Crippen molar-refractivity contribution in [2.45, 2.75) is 58.0 Å². The summed E-state index contributed by atoms with van der Waals surface area (Å²) in [5.41, 5.74) is 1.46. The molecule has 1 saturated carbocycles. The second-order valence-corrected chi connectivity index (χ2v) is 5.35. The van der Waals surface area contributed by atoms with E-state index >= 15 is 0 Å². The third kappa shape index (κ3) is 3.85. The SMILES string of the molecule is CCCC1CC1NC(CC)Cc1ccccc1. The van der Waals surface area contributed by atoms with Crippen LogP contribution in [0.25, 0.3) is 0 Å². The zero-order valence-electron chi connectivity index (χ0n) is 11.2.